The highest BCUT2D eigenvalue weighted by atomic mass is 19.4. The fourth-order valence-electron chi connectivity index (χ4n) is 1.66. The lowest BCUT2D eigenvalue weighted by Crippen LogP contribution is -2.36. The van der Waals surface area contributed by atoms with Gasteiger partial charge in [0.15, 0.2) is 0 Å². The summed E-state index contributed by atoms with van der Waals surface area (Å²) in [7, 11) is 4.15. The maximum Gasteiger partial charge on any atom is 0.416 e. The van der Waals surface area contributed by atoms with Crippen LogP contribution in [0.4, 0.5) is 13.2 Å². The average Bonchev–Trinajstić information content (AvgIpc) is 2.56. The molecular formula is C15H12BF3N4O. The fraction of sp³-hybridized carbons (Fsp3) is 0.133. The van der Waals surface area contributed by atoms with Crippen LogP contribution in [0.15, 0.2) is 48.8 Å². The summed E-state index contributed by atoms with van der Waals surface area (Å²) in [5.74, 6) is 0.865. The molecule has 2 aromatic rings. The Morgan fingerprint density at radius 3 is 2.46 bits per heavy atom. The second-order valence-electron chi connectivity index (χ2n) is 4.37. The number of hydrogen-bond acceptors (Lipinski definition) is 4. The number of carbonyl (C=O) groups is 1. The number of hydrazine groups is 1. The zero-order valence-corrected chi connectivity index (χ0v) is 12.3. The number of pyridine rings is 1. The first kappa shape index (κ1) is 19.2. The van der Waals surface area contributed by atoms with Crippen LogP contribution in [-0.2, 0) is 12.7 Å². The highest BCUT2D eigenvalue weighted by molar-refractivity contribution is 6.20. The highest BCUT2D eigenvalue weighted by Gasteiger charge is 2.30. The molecule has 1 heterocycles. The predicted molar refractivity (Wildman–Crippen MR) is 81.4 cm³/mol. The monoisotopic (exact) mass is 332 g/mol. The number of carbonyl (C=O) groups excluding carboxylic acids is 1. The molecule has 0 saturated heterocycles. The van der Waals surface area contributed by atoms with Crippen LogP contribution in [0.1, 0.15) is 21.5 Å². The third kappa shape index (κ3) is 6.50. The minimum atomic E-state index is -4.38. The molecule has 2 N–H and O–H groups in total. The number of rotatable bonds is 4. The summed E-state index contributed by atoms with van der Waals surface area (Å²) >= 11 is 0. The molecule has 0 unspecified atom stereocenters. The fourth-order valence-corrected chi connectivity index (χ4v) is 1.66. The minimum absolute atomic E-state index is 0.0841. The van der Waals surface area contributed by atoms with Gasteiger partial charge in [0.2, 0.25) is 7.85 Å². The Balaban J connectivity index is 0.000000891. The van der Waals surface area contributed by atoms with Crippen LogP contribution in [0, 0.1) is 11.2 Å². The quantitative estimate of drug-likeness (QED) is 0.664. The van der Waals surface area contributed by atoms with Gasteiger partial charge in [0.1, 0.15) is 0 Å². The van der Waals surface area contributed by atoms with Crippen LogP contribution in [0.25, 0.3) is 0 Å². The van der Waals surface area contributed by atoms with Gasteiger partial charge in [-0.25, -0.2) is 10.7 Å². The maximum atomic E-state index is 12.5. The van der Waals surface area contributed by atoms with E-state index in [1.165, 1.54) is 36.6 Å². The summed E-state index contributed by atoms with van der Waals surface area (Å²) < 4.78 is 37.6. The van der Waals surface area contributed by atoms with Gasteiger partial charge >= 0.3 is 6.18 Å². The second-order valence-corrected chi connectivity index (χ2v) is 4.37. The van der Waals surface area contributed by atoms with Gasteiger partial charge in [-0.2, -0.15) is 13.2 Å². The largest absolute Gasteiger partial charge is 0.416 e. The SMILES string of the molecule is O=C(NNCc1cccc(C(F)(F)F)c1)c1ccncc1.[B]C#N. The Labute approximate surface area is 137 Å². The average molecular weight is 332 g/mol. The van der Waals surface area contributed by atoms with Crippen molar-refractivity contribution in [1.82, 2.24) is 15.8 Å². The summed E-state index contributed by atoms with van der Waals surface area (Å²) in [6.45, 7) is 0.0841. The molecule has 24 heavy (non-hydrogen) atoms. The molecular weight excluding hydrogens is 320 g/mol. The van der Waals surface area contributed by atoms with Crippen LogP contribution in [0.3, 0.4) is 0 Å². The van der Waals surface area contributed by atoms with Gasteiger partial charge in [-0.1, -0.05) is 18.2 Å². The van der Waals surface area contributed by atoms with Crippen molar-refractivity contribution in [2.24, 2.45) is 0 Å². The van der Waals surface area contributed by atoms with Gasteiger partial charge in [0.25, 0.3) is 5.91 Å². The summed E-state index contributed by atoms with van der Waals surface area (Å²) in [5.41, 5.74) is 5.10. The van der Waals surface area contributed by atoms with Crippen LogP contribution < -0.4 is 10.9 Å². The molecule has 0 spiro atoms. The van der Waals surface area contributed by atoms with E-state index in [4.69, 9.17) is 5.26 Å². The molecule has 0 aliphatic carbocycles. The van der Waals surface area contributed by atoms with E-state index >= 15 is 0 Å². The van der Waals surface area contributed by atoms with Crippen molar-refractivity contribution in [2.45, 2.75) is 12.7 Å². The Hall–Kier alpha value is -2.86. The molecule has 0 aliphatic heterocycles. The van der Waals surface area contributed by atoms with Crippen LogP contribution in [0.2, 0.25) is 0 Å². The molecule has 122 valence electrons. The lowest BCUT2D eigenvalue weighted by Gasteiger charge is -2.10. The van der Waals surface area contributed by atoms with Gasteiger partial charge in [-0.05, 0) is 29.7 Å². The molecule has 0 bridgehead atoms. The van der Waals surface area contributed by atoms with E-state index in [1.807, 2.05) is 0 Å². The van der Waals surface area contributed by atoms with Crippen molar-refractivity contribution in [3.05, 3.63) is 65.5 Å². The number of nitrogens with one attached hydrogen (secondary N) is 2. The van der Waals surface area contributed by atoms with E-state index in [2.05, 4.69) is 23.7 Å². The summed E-state index contributed by atoms with van der Waals surface area (Å²) in [6, 6.07) is 7.96. The second kappa shape index (κ2) is 9.32. The Morgan fingerprint density at radius 1 is 1.25 bits per heavy atom. The number of halogens is 3. The minimum Gasteiger partial charge on any atom is -0.287 e. The first-order chi connectivity index (χ1) is 11.4. The molecule has 1 aromatic carbocycles. The molecule has 0 saturated carbocycles. The van der Waals surface area contributed by atoms with Crippen molar-refractivity contribution in [2.75, 3.05) is 0 Å². The molecule has 9 heteroatoms. The van der Waals surface area contributed by atoms with Gasteiger partial charge < -0.3 is 0 Å². The van der Waals surface area contributed by atoms with Crippen molar-refractivity contribution in [3.8, 4) is 5.97 Å². The molecule has 0 fully saturated rings. The lowest BCUT2D eigenvalue weighted by molar-refractivity contribution is -0.137. The van der Waals surface area contributed by atoms with Crippen molar-refractivity contribution in [1.29, 1.82) is 5.26 Å². The van der Waals surface area contributed by atoms with Crippen LogP contribution in [0.5, 0.6) is 0 Å². The highest BCUT2D eigenvalue weighted by Crippen LogP contribution is 2.29. The van der Waals surface area contributed by atoms with Crippen molar-refractivity contribution >= 4 is 13.8 Å². The normalized spacial score (nSPS) is 10.1. The number of nitrogens with zero attached hydrogens (tertiary/aromatic N) is 2. The Morgan fingerprint density at radius 2 is 1.88 bits per heavy atom. The zero-order chi connectivity index (χ0) is 18.0. The molecule has 2 radical (unpaired) electrons. The van der Waals surface area contributed by atoms with Gasteiger partial charge in [-0.15, -0.1) is 0 Å². The van der Waals surface area contributed by atoms with Crippen molar-refractivity contribution < 1.29 is 18.0 Å². The predicted octanol–water partition coefficient (Wildman–Crippen LogP) is 2.17. The van der Waals surface area contributed by atoms with E-state index < -0.39 is 11.7 Å². The molecule has 0 atom stereocenters. The Bertz CT molecular complexity index is 702. The molecule has 1 amide bonds. The maximum absolute atomic E-state index is 12.5. The number of benzene rings is 1. The number of nitriles is 1. The smallest absolute Gasteiger partial charge is 0.287 e. The van der Waals surface area contributed by atoms with E-state index in [0.29, 0.717) is 11.1 Å². The van der Waals surface area contributed by atoms with E-state index in [-0.39, 0.29) is 12.5 Å². The summed E-state index contributed by atoms with van der Waals surface area (Å²) in [6.07, 6.45) is -1.43. The number of amides is 1. The van der Waals surface area contributed by atoms with Crippen LogP contribution >= 0.6 is 0 Å². The van der Waals surface area contributed by atoms with E-state index in [9.17, 15) is 18.0 Å². The van der Waals surface area contributed by atoms with Gasteiger partial charge in [0.05, 0.1) is 5.56 Å². The summed E-state index contributed by atoms with van der Waals surface area (Å²) in [4.78, 5) is 15.5. The number of hydrogen-bond donors (Lipinski definition) is 2. The third-order valence-electron chi connectivity index (χ3n) is 2.69. The van der Waals surface area contributed by atoms with Crippen molar-refractivity contribution in [3.63, 3.8) is 0 Å². The molecule has 2 rings (SSSR count). The third-order valence-corrected chi connectivity index (χ3v) is 2.69. The van der Waals surface area contributed by atoms with Gasteiger partial charge in [0, 0.05) is 24.5 Å². The zero-order valence-electron chi connectivity index (χ0n) is 12.3. The molecule has 5 nitrogen and oxygen atoms in total. The molecule has 1 aromatic heterocycles. The number of aromatic nitrogens is 1. The standard InChI is InChI=1S/C14H12F3N3O.CBN/c15-14(16,17)12-3-1-2-10(8-12)9-19-20-13(21)11-4-6-18-7-5-11;2-1-3/h1-8,19H,9H2,(H,20,21);. The summed E-state index contributed by atoms with van der Waals surface area (Å²) in [5, 5.41) is 7.10. The lowest BCUT2D eigenvalue weighted by atomic mass is 10.1. The van der Waals surface area contributed by atoms with E-state index in [1.54, 1.807) is 6.07 Å². The van der Waals surface area contributed by atoms with Gasteiger partial charge in [-0.3, -0.25) is 15.2 Å². The first-order valence-electron chi connectivity index (χ1n) is 6.57. The number of alkyl halides is 3. The Kier molecular flexibility index (Phi) is 7.45. The van der Waals surface area contributed by atoms with E-state index in [0.717, 1.165) is 12.1 Å². The first-order valence-corrected chi connectivity index (χ1v) is 6.57. The molecule has 0 aliphatic rings. The topological polar surface area (TPSA) is 77.8 Å². The van der Waals surface area contributed by atoms with Crippen LogP contribution in [-0.4, -0.2) is 18.7 Å².